The first-order valence-electron chi connectivity index (χ1n) is 16.2. The molecule has 1 aliphatic rings. The summed E-state index contributed by atoms with van der Waals surface area (Å²) in [5.41, 5.74) is 3.35. The number of nitrogens with one attached hydrogen (secondary N) is 6. The van der Waals surface area contributed by atoms with Crippen molar-refractivity contribution in [3.05, 3.63) is 59.2 Å². The van der Waals surface area contributed by atoms with E-state index in [1.165, 1.54) is 42.5 Å². The van der Waals surface area contributed by atoms with Gasteiger partial charge < -0.3 is 25.8 Å². The second-order valence-electron chi connectivity index (χ2n) is 10.9. The van der Waals surface area contributed by atoms with Gasteiger partial charge in [0.2, 0.25) is 5.71 Å². The maximum atomic E-state index is 13.2. The van der Waals surface area contributed by atoms with E-state index >= 15 is 0 Å². The van der Waals surface area contributed by atoms with Crippen LogP contribution in [0, 0.1) is 0 Å². The summed E-state index contributed by atoms with van der Waals surface area (Å²) in [6.07, 6.45) is 1.53. The molecule has 0 aliphatic carbocycles. The van der Waals surface area contributed by atoms with Crippen molar-refractivity contribution in [2.45, 2.75) is 40.5 Å². The van der Waals surface area contributed by atoms with Crippen molar-refractivity contribution in [2.24, 2.45) is 5.10 Å². The third kappa shape index (κ3) is 11.3. The summed E-state index contributed by atoms with van der Waals surface area (Å²) in [7, 11) is 0. The zero-order valence-electron chi connectivity index (χ0n) is 27.9. The molecule has 1 heterocycles. The number of hydrogen-bond acceptors (Lipinski definition) is 10. The van der Waals surface area contributed by atoms with E-state index in [0.29, 0.717) is 18.8 Å². The SMILES string of the molecule is CCN(CC)CCCNC(=O)c1cc(NC(=O)c2ccc(NN=C3C(=O)NC(=O)NC3=O)cc2)cc(C(=O)NCCCN(CC)CC)c1. The number of hydrogen-bond donors (Lipinski definition) is 6. The van der Waals surface area contributed by atoms with Crippen molar-refractivity contribution < 1.29 is 28.8 Å². The largest absolute Gasteiger partial charge is 0.352 e. The number of amides is 7. The van der Waals surface area contributed by atoms with Crippen LogP contribution in [0.5, 0.6) is 0 Å². The third-order valence-corrected chi connectivity index (χ3v) is 7.71. The predicted molar refractivity (Wildman–Crippen MR) is 183 cm³/mol. The molecule has 1 saturated heterocycles. The van der Waals surface area contributed by atoms with E-state index in [0.717, 1.165) is 52.1 Å². The zero-order chi connectivity index (χ0) is 35.1. The monoisotopic (exact) mass is 663 g/mol. The second kappa shape index (κ2) is 18.9. The van der Waals surface area contributed by atoms with Gasteiger partial charge in [0.1, 0.15) is 0 Å². The summed E-state index contributed by atoms with van der Waals surface area (Å²) in [5.74, 6) is -3.11. The molecular weight excluding hydrogens is 618 g/mol. The van der Waals surface area contributed by atoms with Crippen LogP contribution in [0.1, 0.15) is 71.6 Å². The standard InChI is InChI=1S/C33H45N9O6/c1-5-41(6-2)17-9-15-34-28(43)23-19-24(29(44)35-16-10-18-42(7-3)8-4)21-26(20-23)36-30(45)22-11-13-25(14-12-22)39-40-27-31(46)37-33(48)38-32(27)47/h11-14,19-21,39H,5-10,15-18H2,1-4H3,(H,34,43)(H,35,44)(H,36,45)(H2,37,38,46,47,48). The highest BCUT2D eigenvalue weighted by Crippen LogP contribution is 2.18. The molecule has 0 atom stereocenters. The Kier molecular flexibility index (Phi) is 14.7. The molecule has 2 aromatic rings. The summed E-state index contributed by atoms with van der Waals surface area (Å²) in [6.45, 7) is 14.7. The first-order valence-corrected chi connectivity index (χ1v) is 16.2. The van der Waals surface area contributed by atoms with Gasteiger partial charge in [-0.2, -0.15) is 5.10 Å². The Bertz CT molecular complexity index is 1430. The molecule has 6 N–H and O–H groups in total. The van der Waals surface area contributed by atoms with Crippen LogP contribution in [0.4, 0.5) is 16.2 Å². The Morgan fingerprint density at radius 3 is 1.58 bits per heavy atom. The van der Waals surface area contributed by atoms with Gasteiger partial charge >= 0.3 is 6.03 Å². The van der Waals surface area contributed by atoms with Crippen LogP contribution in [0.15, 0.2) is 47.6 Å². The Balaban J connectivity index is 1.71. The normalized spacial score (nSPS) is 12.8. The first kappa shape index (κ1) is 37.3. The number of hydrazone groups is 1. The second-order valence-corrected chi connectivity index (χ2v) is 10.9. The van der Waals surface area contributed by atoms with E-state index < -0.39 is 29.5 Å². The van der Waals surface area contributed by atoms with Crippen molar-refractivity contribution in [1.29, 1.82) is 0 Å². The summed E-state index contributed by atoms with van der Waals surface area (Å²) < 4.78 is 0. The van der Waals surface area contributed by atoms with E-state index in [2.05, 4.69) is 64.0 Å². The molecule has 3 rings (SSSR count). The quantitative estimate of drug-likeness (QED) is 0.102. The van der Waals surface area contributed by atoms with Crippen LogP contribution in [-0.4, -0.2) is 103 Å². The number of carbonyl (C=O) groups excluding carboxylic acids is 6. The van der Waals surface area contributed by atoms with Gasteiger partial charge in [-0.1, -0.05) is 27.7 Å². The predicted octanol–water partition coefficient (Wildman–Crippen LogP) is 2.00. The van der Waals surface area contributed by atoms with E-state index in [1.807, 2.05) is 10.6 Å². The molecule has 7 amide bonds. The first-order chi connectivity index (χ1) is 23.1. The average molecular weight is 664 g/mol. The van der Waals surface area contributed by atoms with Crippen molar-refractivity contribution in [1.82, 2.24) is 31.1 Å². The van der Waals surface area contributed by atoms with Gasteiger partial charge in [-0.3, -0.25) is 40.0 Å². The molecule has 1 aliphatic heterocycles. The molecule has 0 spiro atoms. The number of rotatable bonds is 18. The van der Waals surface area contributed by atoms with Gasteiger partial charge in [0, 0.05) is 35.5 Å². The summed E-state index contributed by atoms with van der Waals surface area (Å²) in [4.78, 5) is 78.8. The van der Waals surface area contributed by atoms with Gasteiger partial charge in [-0.25, -0.2) is 4.79 Å². The smallest absolute Gasteiger partial charge is 0.328 e. The highest BCUT2D eigenvalue weighted by molar-refractivity contribution is 6.68. The highest BCUT2D eigenvalue weighted by Gasteiger charge is 2.29. The van der Waals surface area contributed by atoms with Crippen molar-refractivity contribution in [3.63, 3.8) is 0 Å². The Morgan fingerprint density at radius 1 is 0.646 bits per heavy atom. The molecule has 15 nitrogen and oxygen atoms in total. The van der Waals surface area contributed by atoms with Gasteiger partial charge in [0.15, 0.2) is 0 Å². The number of barbiturate groups is 1. The average Bonchev–Trinajstić information content (AvgIpc) is 3.07. The molecular formula is C33H45N9O6. The van der Waals surface area contributed by atoms with E-state index in [1.54, 1.807) is 0 Å². The summed E-state index contributed by atoms with van der Waals surface area (Å²) in [6, 6.07) is 9.59. The number of anilines is 2. The van der Waals surface area contributed by atoms with Crippen LogP contribution in [0.2, 0.25) is 0 Å². The molecule has 48 heavy (non-hydrogen) atoms. The lowest BCUT2D eigenvalue weighted by Gasteiger charge is -2.18. The minimum absolute atomic E-state index is 0.236. The van der Waals surface area contributed by atoms with E-state index in [4.69, 9.17) is 0 Å². The molecule has 258 valence electrons. The van der Waals surface area contributed by atoms with Crippen LogP contribution < -0.4 is 32.0 Å². The Labute approximate surface area is 280 Å². The lowest BCUT2D eigenvalue weighted by atomic mass is 10.1. The lowest BCUT2D eigenvalue weighted by Crippen LogP contribution is -2.56. The number of urea groups is 1. The van der Waals surface area contributed by atoms with Crippen LogP contribution in [-0.2, 0) is 9.59 Å². The minimum Gasteiger partial charge on any atom is -0.352 e. The third-order valence-electron chi connectivity index (χ3n) is 7.71. The summed E-state index contributed by atoms with van der Waals surface area (Å²) in [5, 5.41) is 16.2. The van der Waals surface area contributed by atoms with Crippen LogP contribution in [0.3, 0.4) is 0 Å². The molecule has 0 bridgehead atoms. The van der Waals surface area contributed by atoms with Crippen molar-refractivity contribution >= 4 is 52.7 Å². The van der Waals surface area contributed by atoms with Crippen LogP contribution in [0.25, 0.3) is 0 Å². The lowest BCUT2D eigenvalue weighted by molar-refractivity contribution is -0.119. The fourth-order valence-electron chi connectivity index (χ4n) is 4.84. The molecule has 15 heteroatoms. The van der Waals surface area contributed by atoms with Crippen molar-refractivity contribution in [2.75, 3.05) is 63.1 Å². The highest BCUT2D eigenvalue weighted by atomic mass is 16.2. The van der Waals surface area contributed by atoms with E-state index in [-0.39, 0.29) is 34.2 Å². The van der Waals surface area contributed by atoms with Gasteiger partial charge in [0.05, 0.1) is 5.69 Å². The molecule has 0 radical (unpaired) electrons. The molecule has 1 fully saturated rings. The fourth-order valence-corrected chi connectivity index (χ4v) is 4.84. The Hall–Kier alpha value is -5.15. The number of imide groups is 2. The van der Waals surface area contributed by atoms with Gasteiger partial charge in [0.25, 0.3) is 29.5 Å². The van der Waals surface area contributed by atoms with Crippen LogP contribution >= 0.6 is 0 Å². The van der Waals surface area contributed by atoms with E-state index in [9.17, 15) is 28.8 Å². The maximum Gasteiger partial charge on any atom is 0.328 e. The topological polar surface area (TPSA) is 193 Å². The molecule has 0 unspecified atom stereocenters. The molecule has 0 aromatic heterocycles. The van der Waals surface area contributed by atoms with Gasteiger partial charge in [-0.15, -0.1) is 0 Å². The maximum absolute atomic E-state index is 13.2. The Morgan fingerprint density at radius 2 is 1.12 bits per heavy atom. The summed E-state index contributed by atoms with van der Waals surface area (Å²) >= 11 is 0. The number of benzene rings is 2. The molecule has 2 aromatic carbocycles. The number of nitrogens with zero attached hydrogens (tertiary/aromatic N) is 3. The van der Waals surface area contributed by atoms with Gasteiger partial charge in [-0.05, 0) is 94.6 Å². The zero-order valence-corrected chi connectivity index (χ0v) is 27.9. The minimum atomic E-state index is -0.949. The van der Waals surface area contributed by atoms with Crippen molar-refractivity contribution in [3.8, 4) is 0 Å². The molecule has 0 saturated carbocycles. The fraction of sp³-hybridized carbons (Fsp3) is 0.424. The number of carbonyl (C=O) groups is 6.